The fourth-order valence-corrected chi connectivity index (χ4v) is 2.09. The van der Waals surface area contributed by atoms with Crippen LogP contribution in [-0.4, -0.2) is 36.0 Å². The fraction of sp³-hybridized carbons (Fsp3) is 0.0833. The molecule has 7 nitrogen and oxygen atoms in total. The maximum Gasteiger partial charge on any atom is 0.196 e. The Balaban J connectivity index is 2.12. The van der Waals surface area contributed by atoms with Crippen LogP contribution in [0.1, 0.15) is 16.1 Å². The first-order valence-electron chi connectivity index (χ1n) is 5.74. The largest absolute Gasteiger partial charge is 0.298 e. The number of aldehydes is 1. The second-order valence-corrected chi connectivity index (χ2v) is 4.40. The van der Waals surface area contributed by atoms with Crippen LogP contribution in [0.25, 0.3) is 11.5 Å². The third-order valence-corrected chi connectivity index (χ3v) is 2.97. The molecule has 0 aliphatic heterocycles. The Bertz CT molecular complexity index is 764. The summed E-state index contributed by atoms with van der Waals surface area (Å²) in [4.78, 5) is 16.6. The van der Waals surface area contributed by atoms with Gasteiger partial charge in [0.15, 0.2) is 12.1 Å². The molecule has 0 aliphatic rings. The van der Waals surface area contributed by atoms with E-state index in [4.69, 9.17) is 11.6 Å². The van der Waals surface area contributed by atoms with Gasteiger partial charge >= 0.3 is 0 Å². The molecular formula is C12H9ClN6O. The summed E-state index contributed by atoms with van der Waals surface area (Å²) in [5.41, 5.74) is 1.56. The third kappa shape index (κ3) is 2.08. The maximum atomic E-state index is 11.2. The highest BCUT2D eigenvalue weighted by atomic mass is 35.5. The van der Waals surface area contributed by atoms with Crippen LogP contribution in [-0.2, 0) is 0 Å². The van der Waals surface area contributed by atoms with E-state index >= 15 is 0 Å². The van der Waals surface area contributed by atoms with Gasteiger partial charge in [-0.05, 0) is 13.0 Å². The highest BCUT2D eigenvalue weighted by Crippen LogP contribution is 2.21. The second kappa shape index (κ2) is 4.86. The quantitative estimate of drug-likeness (QED) is 0.540. The van der Waals surface area contributed by atoms with E-state index in [1.165, 1.54) is 4.80 Å². The van der Waals surface area contributed by atoms with E-state index in [1.807, 2.05) is 0 Å². The van der Waals surface area contributed by atoms with Crippen molar-refractivity contribution < 1.29 is 4.79 Å². The Hall–Kier alpha value is -2.54. The minimum absolute atomic E-state index is 0.157. The Morgan fingerprint density at radius 2 is 2.05 bits per heavy atom. The molecule has 3 heterocycles. The van der Waals surface area contributed by atoms with E-state index in [0.717, 1.165) is 0 Å². The van der Waals surface area contributed by atoms with Gasteiger partial charge in [-0.1, -0.05) is 11.6 Å². The predicted molar refractivity (Wildman–Crippen MR) is 71.4 cm³/mol. The Morgan fingerprint density at radius 1 is 1.30 bits per heavy atom. The van der Waals surface area contributed by atoms with Gasteiger partial charge in [0.05, 0.1) is 23.6 Å². The topological polar surface area (TPSA) is 78.5 Å². The van der Waals surface area contributed by atoms with E-state index in [2.05, 4.69) is 20.3 Å². The summed E-state index contributed by atoms with van der Waals surface area (Å²) in [6.07, 6.45) is 5.49. The van der Waals surface area contributed by atoms with Gasteiger partial charge in [0, 0.05) is 18.0 Å². The summed E-state index contributed by atoms with van der Waals surface area (Å²) in [6, 6.07) is 3.47. The van der Waals surface area contributed by atoms with E-state index in [9.17, 15) is 4.79 Å². The van der Waals surface area contributed by atoms with Crippen molar-refractivity contribution in [3.05, 3.63) is 47.1 Å². The van der Waals surface area contributed by atoms with E-state index < -0.39 is 0 Å². The van der Waals surface area contributed by atoms with Crippen LogP contribution in [0, 0.1) is 6.92 Å². The van der Waals surface area contributed by atoms with E-state index in [0.29, 0.717) is 29.0 Å². The number of carbonyl (C=O) groups is 1. The van der Waals surface area contributed by atoms with Crippen LogP contribution in [0.2, 0.25) is 5.15 Å². The van der Waals surface area contributed by atoms with Crippen LogP contribution in [0.3, 0.4) is 0 Å². The lowest BCUT2D eigenvalue weighted by atomic mass is 10.2. The van der Waals surface area contributed by atoms with Gasteiger partial charge in [0.25, 0.3) is 0 Å². The lowest BCUT2D eigenvalue weighted by Crippen LogP contribution is -2.05. The lowest BCUT2D eigenvalue weighted by molar-refractivity contribution is 0.112. The molecule has 0 unspecified atom stereocenters. The highest BCUT2D eigenvalue weighted by Gasteiger charge is 2.13. The minimum atomic E-state index is 0.157. The summed E-state index contributed by atoms with van der Waals surface area (Å²) >= 11 is 5.98. The molecular weight excluding hydrogens is 280 g/mol. The van der Waals surface area contributed by atoms with Crippen LogP contribution in [0.5, 0.6) is 0 Å². The average molecular weight is 289 g/mol. The normalized spacial score (nSPS) is 10.7. The van der Waals surface area contributed by atoms with Gasteiger partial charge < -0.3 is 0 Å². The van der Waals surface area contributed by atoms with Crippen molar-refractivity contribution in [1.29, 1.82) is 0 Å². The molecule has 8 heteroatoms. The van der Waals surface area contributed by atoms with Crippen molar-refractivity contribution in [2.24, 2.45) is 0 Å². The van der Waals surface area contributed by atoms with Gasteiger partial charge in [-0.2, -0.15) is 10.2 Å². The zero-order chi connectivity index (χ0) is 14.1. The smallest absolute Gasteiger partial charge is 0.196 e. The Morgan fingerprint density at radius 3 is 2.75 bits per heavy atom. The van der Waals surface area contributed by atoms with Gasteiger partial charge in [-0.15, -0.1) is 9.90 Å². The number of halogens is 1. The molecule has 0 saturated heterocycles. The fourth-order valence-electron chi connectivity index (χ4n) is 1.82. The summed E-state index contributed by atoms with van der Waals surface area (Å²) in [5.74, 6) is 0.539. The van der Waals surface area contributed by atoms with Crippen molar-refractivity contribution in [2.45, 2.75) is 6.92 Å². The van der Waals surface area contributed by atoms with Gasteiger partial charge in [-0.25, -0.2) is 9.67 Å². The molecule has 0 fully saturated rings. The van der Waals surface area contributed by atoms with Crippen molar-refractivity contribution in [1.82, 2.24) is 29.8 Å². The first kappa shape index (κ1) is 12.5. The number of carbonyl (C=O) groups excluding carboxylic acids is 1. The molecule has 3 rings (SSSR count). The van der Waals surface area contributed by atoms with Crippen molar-refractivity contribution >= 4 is 17.9 Å². The molecule has 3 aromatic rings. The third-order valence-electron chi connectivity index (χ3n) is 2.68. The zero-order valence-corrected chi connectivity index (χ0v) is 11.2. The SMILES string of the molecule is Cc1cc(-n2ccc(-n3nccn3)n2)c(C=O)c(Cl)n1. The molecule has 0 aromatic carbocycles. The number of rotatable bonds is 3. The lowest BCUT2D eigenvalue weighted by Gasteiger charge is -2.07. The summed E-state index contributed by atoms with van der Waals surface area (Å²) in [5, 5.41) is 12.5. The summed E-state index contributed by atoms with van der Waals surface area (Å²) < 4.78 is 1.54. The van der Waals surface area contributed by atoms with Gasteiger partial charge in [0.2, 0.25) is 0 Å². The highest BCUT2D eigenvalue weighted by molar-refractivity contribution is 6.32. The molecule has 0 N–H and O–H groups in total. The summed E-state index contributed by atoms with van der Waals surface area (Å²) in [6.45, 7) is 1.80. The van der Waals surface area contributed by atoms with Crippen LogP contribution in [0.4, 0.5) is 0 Å². The molecule has 100 valence electrons. The minimum Gasteiger partial charge on any atom is -0.298 e. The molecule has 0 spiro atoms. The molecule has 0 radical (unpaired) electrons. The first-order chi connectivity index (χ1) is 9.69. The molecule has 3 aromatic heterocycles. The van der Waals surface area contributed by atoms with Crippen LogP contribution in [0.15, 0.2) is 30.7 Å². The number of nitrogens with zero attached hydrogens (tertiary/aromatic N) is 6. The monoisotopic (exact) mass is 288 g/mol. The first-order valence-corrected chi connectivity index (χ1v) is 6.12. The van der Waals surface area contributed by atoms with Crippen molar-refractivity contribution in [2.75, 3.05) is 0 Å². The second-order valence-electron chi connectivity index (χ2n) is 4.04. The Labute approximate surface area is 118 Å². The Kier molecular flexibility index (Phi) is 3.03. The molecule has 20 heavy (non-hydrogen) atoms. The van der Waals surface area contributed by atoms with E-state index in [-0.39, 0.29) is 5.15 Å². The molecule has 0 bridgehead atoms. The average Bonchev–Trinajstić information content (AvgIpc) is 3.09. The van der Waals surface area contributed by atoms with Crippen LogP contribution < -0.4 is 0 Å². The van der Waals surface area contributed by atoms with Crippen molar-refractivity contribution in [3.63, 3.8) is 0 Å². The van der Waals surface area contributed by atoms with Gasteiger partial charge in [0.1, 0.15) is 5.15 Å². The molecule has 0 saturated carbocycles. The van der Waals surface area contributed by atoms with Gasteiger partial charge in [-0.3, -0.25) is 4.79 Å². The number of hydrogen-bond donors (Lipinski definition) is 0. The van der Waals surface area contributed by atoms with Crippen molar-refractivity contribution in [3.8, 4) is 11.5 Å². The summed E-state index contributed by atoms with van der Waals surface area (Å²) in [7, 11) is 0. The molecule has 0 amide bonds. The number of aromatic nitrogens is 6. The maximum absolute atomic E-state index is 11.2. The number of pyridine rings is 1. The molecule has 0 atom stereocenters. The zero-order valence-electron chi connectivity index (χ0n) is 10.4. The predicted octanol–water partition coefficient (Wildman–Crippen LogP) is 1.62. The number of aryl methyl sites for hydroxylation is 1. The molecule has 0 aliphatic carbocycles. The van der Waals surface area contributed by atoms with Crippen LogP contribution >= 0.6 is 11.6 Å². The number of hydrogen-bond acceptors (Lipinski definition) is 5. The standard InChI is InChI=1S/C12H9ClN6O/c1-8-6-10(9(7-20)12(13)16-8)18-5-2-11(17-18)19-14-3-4-15-19/h2-7H,1H3. The van der Waals surface area contributed by atoms with E-state index in [1.54, 1.807) is 42.3 Å².